The van der Waals surface area contributed by atoms with Gasteiger partial charge in [-0.3, -0.25) is 4.79 Å². The predicted octanol–water partition coefficient (Wildman–Crippen LogP) is 2.66. The van der Waals surface area contributed by atoms with E-state index in [1.807, 2.05) is 0 Å². The molecule has 1 fully saturated rings. The van der Waals surface area contributed by atoms with Crippen LogP contribution in [-0.4, -0.2) is 41.0 Å². The highest BCUT2D eigenvalue weighted by Gasteiger charge is 2.48. The Labute approximate surface area is 156 Å². The second-order valence-electron chi connectivity index (χ2n) is 6.63. The molecule has 152 valence electrons. The lowest BCUT2D eigenvalue weighted by molar-refractivity contribution is -0.156. The van der Waals surface area contributed by atoms with Crippen LogP contribution in [0.2, 0.25) is 0 Å². The van der Waals surface area contributed by atoms with E-state index in [1.54, 1.807) is 0 Å². The van der Waals surface area contributed by atoms with Gasteiger partial charge in [-0.1, -0.05) is 18.6 Å². The Hall–Kier alpha value is -1.65. The van der Waals surface area contributed by atoms with Crippen LogP contribution in [0.4, 0.5) is 13.2 Å². The van der Waals surface area contributed by atoms with Crippen LogP contribution in [0.5, 0.6) is 0 Å². The first kappa shape index (κ1) is 21.6. The molecule has 2 rings (SSSR count). The topological polar surface area (TPSA) is 81.7 Å². The molecule has 10 heteroatoms. The Balaban J connectivity index is 2.24. The average Bonchev–Trinajstić information content (AvgIpc) is 2.56. The van der Waals surface area contributed by atoms with Gasteiger partial charge in [0.05, 0.1) is 36.5 Å². The van der Waals surface area contributed by atoms with Gasteiger partial charge in [0.1, 0.15) is 0 Å². The van der Waals surface area contributed by atoms with Gasteiger partial charge in [-0.2, -0.15) is 13.2 Å². The number of methoxy groups -OCH3 is 2. The molecule has 1 N–H and O–H groups in total. The fraction of sp³-hybridized carbons (Fsp3) is 0.588. The molecule has 0 bridgehead atoms. The van der Waals surface area contributed by atoms with Crippen LogP contribution in [-0.2, 0) is 30.5 Å². The molecule has 27 heavy (non-hydrogen) atoms. The largest absolute Gasteiger partial charge is 0.469 e. The van der Waals surface area contributed by atoms with Crippen molar-refractivity contribution in [2.45, 2.75) is 31.5 Å². The molecule has 0 spiro atoms. The minimum Gasteiger partial charge on any atom is -0.469 e. The molecule has 1 atom stereocenters. The van der Waals surface area contributed by atoms with Gasteiger partial charge in [0, 0.05) is 7.11 Å². The fourth-order valence-electron chi connectivity index (χ4n) is 3.15. The molecule has 0 amide bonds. The molecule has 0 radical (unpaired) electrons. The molecule has 1 aromatic carbocycles. The number of carbonyl (C=O) groups is 1. The van der Waals surface area contributed by atoms with Gasteiger partial charge >= 0.3 is 12.1 Å². The third-order valence-electron chi connectivity index (χ3n) is 4.67. The van der Waals surface area contributed by atoms with Gasteiger partial charge in [0.15, 0.2) is 0 Å². The summed E-state index contributed by atoms with van der Waals surface area (Å²) in [6.45, 7) is -0.161. The number of benzene rings is 1. The molecule has 1 aliphatic carbocycles. The van der Waals surface area contributed by atoms with Crippen LogP contribution in [0.25, 0.3) is 0 Å². The first-order chi connectivity index (χ1) is 12.5. The zero-order chi connectivity index (χ0) is 20.3. The van der Waals surface area contributed by atoms with E-state index < -0.39 is 44.9 Å². The van der Waals surface area contributed by atoms with Crippen molar-refractivity contribution in [3.8, 4) is 0 Å². The molecule has 1 saturated carbocycles. The van der Waals surface area contributed by atoms with E-state index in [2.05, 4.69) is 4.72 Å². The van der Waals surface area contributed by atoms with Crippen LogP contribution in [0, 0.1) is 5.41 Å². The Bertz CT molecular complexity index is 775. The van der Waals surface area contributed by atoms with Crippen LogP contribution in [0.15, 0.2) is 24.3 Å². The molecule has 0 aromatic heterocycles. The molecule has 0 heterocycles. The van der Waals surface area contributed by atoms with Gasteiger partial charge in [-0.05, 0) is 30.5 Å². The van der Waals surface area contributed by atoms with Gasteiger partial charge in [0.25, 0.3) is 0 Å². The van der Waals surface area contributed by atoms with E-state index in [0.29, 0.717) is 19.3 Å². The number of rotatable bonds is 8. The van der Waals surface area contributed by atoms with Crippen molar-refractivity contribution in [3.05, 3.63) is 35.4 Å². The number of ether oxygens (including phenoxy) is 2. The van der Waals surface area contributed by atoms with Gasteiger partial charge in [-0.15, -0.1) is 0 Å². The van der Waals surface area contributed by atoms with Crippen LogP contribution in [0.1, 0.15) is 36.4 Å². The standard InChI is InChI=1S/C17H22F3NO5S/c1-25-10-14(12-5-3-6-13(9-12)17(18,19)20)21-27(23,24)11-16(7-4-8-16)15(22)26-2/h3,5-6,9,14,21H,4,7-8,10-11H2,1-2H3. The number of nitrogens with one attached hydrogen (secondary N) is 1. The number of halogens is 3. The number of esters is 1. The smallest absolute Gasteiger partial charge is 0.416 e. The maximum atomic E-state index is 12.9. The summed E-state index contributed by atoms with van der Waals surface area (Å²) in [4.78, 5) is 12.0. The molecule has 0 aliphatic heterocycles. The first-order valence-electron chi connectivity index (χ1n) is 8.27. The van der Waals surface area contributed by atoms with E-state index in [0.717, 1.165) is 12.1 Å². The van der Waals surface area contributed by atoms with Crippen molar-refractivity contribution in [2.24, 2.45) is 5.41 Å². The number of hydrogen-bond acceptors (Lipinski definition) is 5. The SMILES string of the molecule is COCC(NS(=O)(=O)CC1(C(=O)OC)CCC1)c1cccc(C(F)(F)F)c1. The lowest BCUT2D eigenvalue weighted by atomic mass is 9.70. The molecule has 0 saturated heterocycles. The second-order valence-corrected chi connectivity index (χ2v) is 8.39. The van der Waals surface area contributed by atoms with Crippen LogP contribution in [0.3, 0.4) is 0 Å². The quantitative estimate of drug-likeness (QED) is 0.668. The summed E-state index contributed by atoms with van der Waals surface area (Å²) >= 11 is 0. The Kier molecular flexibility index (Phi) is 6.54. The molecule has 1 aliphatic rings. The van der Waals surface area contributed by atoms with Crippen molar-refractivity contribution in [1.29, 1.82) is 0 Å². The Morgan fingerprint density at radius 2 is 1.96 bits per heavy atom. The van der Waals surface area contributed by atoms with Crippen LogP contribution >= 0.6 is 0 Å². The second kappa shape index (κ2) is 8.15. The number of carbonyl (C=O) groups excluding carboxylic acids is 1. The minimum atomic E-state index is -4.55. The Morgan fingerprint density at radius 3 is 2.44 bits per heavy atom. The van der Waals surface area contributed by atoms with E-state index in [4.69, 9.17) is 9.47 Å². The lowest BCUT2D eigenvalue weighted by Crippen LogP contribution is -2.48. The predicted molar refractivity (Wildman–Crippen MR) is 91.3 cm³/mol. The fourth-order valence-corrected chi connectivity index (χ4v) is 5.00. The summed E-state index contributed by atoms with van der Waals surface area (Å²) < 4.78 is 76.1. The third-order valence-corrected chi connectivity index (χ3v) is 6.24. The van der Waals surface area contributed by atoms with Crippen molar-refractivity contribution in [2.75, 3.05) is 26.6 Å². The monoisotopic (exact) mass is 409 g/mol. The molecular weight excluding hydrogens is 387 g/mol. The summed E-state index contributed by atoms with van der Waals surface area (Å²) in [6, 6.07) is 3.36. The van der Waals surface area contributed by atoms with Crippen molar-refractivity contribution in [3.63, 3.8) is 0 Å². The van der Waals surface area contributed by atoms with Gasteiger partial charge in [0.2, 0.25) is 10.0 Å². The summed E-state index contributed by atoms with van der Waals surface area (Å²) in [5, 5.41) is 0. The number of sulfonamides is 1. The molecular formula is C17H22F3NO5S. The van der Waals surface area contributed by atoms with E-state index >= 15 is 0 Å². The maximum absolute atomic E-state index is 12.9. The molecule has 1 aromatic rings. The maximum Gasteiger partial charge on any atom is 0.416 e. The molecule has 6 nitrogen and oxygen atoms in total. The van der Waals surface area contributed by atoms with E-state index in [1.165, 1.54) is 26.4 Å². The zero-order valence-corrected chi connectivity index (χ0v) is 15.8. The van der Waals surface area contributed by atoms with Crippen LogP contribution < -0.4 is 4.72 Å². The molecule has 1 unspecified atom stereocenters. The highest BCUT2D eigenvalue weighted by Crippen LogP contribution is 2.43. The average molecular weight is 409 g/mol. The van der Waals surface area contributed by atoms with E-state index in [9.17, 15) is 26.4 Å². The van der Waals surface area contributed by atoms with Crippen molar-refractivity contribution >= 4 is 16.0 Å². The summed E-state index contributed by atoms with van der Waals surface area (Å²) in [5.41, 5.74) is -1.87. The highest BCUT2D eigenvalue weighted by molar-refractivity contribution is 7.89. The number of alkyl halides is 3. The van der Waals surface area contributed by atoms with E-state index in [-0.39, 0.29) is 12.2 Å². The summed E-state index contributed by atoms with van der Waals surface area (Å²) in [5.74, 6) is -1.08. The third kappa shape index (κ3) is 5.20. The minimum absolute atomic E-state index is 0.121. The lowest BCUT2D eigenvalue weighted by Gasteiger charge is -2.38. The summed E-state index contributed by atoms with van der Waals surface area (Å²) in [7, 11) is -1.48. The van der Waals surface area contributed by atoms with Gasteiger partial charge < -0.3 is 9.47 Å². The normalized spacial score (nSPS) is 17.8. The van der Waals surface area contributed by atoms with Crippen molar-refractivity contribution in [1.82, 2.24) is 4.72 Å². The first-order valence-corrected chi connectivity index (χ1v) is 9.93. The highest BCUT2D eigenvalue weighted by atomic mass is 32.2. The van der Waals surface area contributed by atoms with Crippen molar-refractivity contribution < 1.29 is 35.9 Å². The number of hydrogen-bond donors (Lipinski definition) is 1. The Morgan fingerprint density at radius 1 is 1.30 bits per heavy atom. The zero-order valence-electron chi connectivity index (χ0n) is 15.0. The van der Waals surface area contributed by atoms with Gasteiger partial charge in [-0.25, -0.2) is 13.1 Å². The summed E-state index contributed by atoms with van der Waals surface area (Å²) in [6.07, 6.45) is -3.06.